The summed E-state index contributed by atoms with van der Waals surface area (Å²) in [6.45, 7) is 2.87. The third-order valence-corrected chi connectivity index (χ3v) is 4.81. The Kier molecular flexibility index (Phi) is 3.96. The first-order chi connectivity index (χ1) is 9.04. The van der Waals surface area contributed by atoms with Crippen LogP contribution in [0.25, 0.3) is 0 Å². The molecule has 100 valence electrons. The number of anilines is 1. The van der Waals surface area contributed by atoms with E-state index in [9.17, 15) is 10.1 Å². The van der Waals surface area contributed by atoms with Gasteiger partial charge in [0.05, 0.1) is 16.6 Å². The van der Waals surface area contributed by atoms with Crippen molar-refractivity contribution in [3.8, 4) is 6.07 Å². The molecule has 2 rings (SSSR count). The molecule has 1 aliphatic heterocycles. The van der Waals surface area contributed by atoms with Gasteiger partial charge >= 0.3 is 0 Å². The molecule has 1 heterocycles. The Balaban J connectivity index is 2.16. The highest BCUT2D eigenvalue weighted by molar-refractivity contribution is 8.00. The van der Waals surface area contributed by atoms with Crippen molar-refractivity contribution in [3.63, 3.8) is 0 Å². The normalized spacial score (nSPS) is 21.9. The number of nitro groups is 1. The van der Waals surface area contributed by atoms with Crippen molar-refractivity contribution in [1.82, 2.24) is 0 Å². The van der Waals surface area contributed by atoms with E-state index in [1.54, 1.807) is 12.1 Å². The van der Waals surface area contributed by atoms with Crippen LogP contribution < -0.4 is 5.32 Å². The third kappa shape index (κ3) is 3.18. The molecule has 0 saturated carbocycles. The first-order valence-electron chi connectivity index (χ1n) is 6.10. The van der Waals surface area contributed by atoms with Crippen LogP contribution in [0.3, 0.4) is 0 Å². The maximum atomic E-state index is 11.0. The molecular weight excluding hydrogens is 262 g/mol. The Morgan fingerprint density at radius 1 is 1.63 bits per heavy atom. The predicted octanol–water partition coefficient (Wildman–Crippen LogP) is 3.16. The quantitative estimate of drug-likeness (QED) is 0.675. The molecule has 0 radical (unpaired) electrons. The Hall–Kier alpha value is -1.74. The third-order valence-electron chi connectivity index (χ3n) is 3.28. The van der Waals surface area contributed by atoms with Crippen molar-refractivity contribution in [2.75, 3.05) is 17.6 Å². The van der Waals surface area contributed by atoms with Crippen LogP contribution in [0, 0.1) is 21.4 Å². The molecule has 19 heavy (non-hydrogen) atoms. The van der Waals surface area contributed by atoms with Gasteiger partial charge in [0.1, 0.15) is 5.69 Å². The summed E-state index contributed by atoms with van der Waals surface area (Å²) in [5.74, 6) is 1.15. The van der Waals surface area contributed by atoms with Crippen molar-refractivity contribution in [2.24, 2.45) is 0 Å². The highest BCUT2D eigenvalue weighted by Crippen LogP contribution is 2.38. The highest BCUT2D eigenvalue weighted by Gasteiger charge is 2.29. The van der Waals surface area contributed by atoms with Crippen LogP contribution in [0.5, 0.6) is 0 Å². The van der Waals surface area contributed by atoms with Gasteiger partial charge in [0.15, 0.2) is 0 Å². The van der Waals surface area contributed by atoms with Crippen molar-refractivity contribution >= 4 is 23.1 Å². The highest BCUT2D eigenvalue weighted by atomic mass is 32.2. The number of rotatable bonds is 4. The number of benzene rings is 1. The lowest BCUT2D eigenvalue weighted by molar-refractivity contribution is -0.384. The number of hydrogen-bond donors (Lipinski definition) is 1. The molecule has 1 N–H and O–H groups in total. The maximum Gasteiger partial charge on any atom is 0.293 e. The molecule has 0 bridgehead atoms. The second kappa shape index (κ2) is 5.49. The Bertz CT molecular complexity index is 533. The lowest BCUT2D eigenvalue weighted by Crippen LogP contribution is -2.27. The smallest absolute Gasteiger partial charge is 0.293 e. The average molecular weight is 277 g/mol. The molecule has 1 aromatic rings. The largest absolute Gasteiger partial charge is 0.378 e. The molecule has 0 spiro atoms. The fraction of sp³-hybridized carbons (Fsp3) is 0.462. The van der Waals surface area contributed by atoms with E-state index in [2.05, 4.69) is 12.2 Å². The zero-order valence-corrected chi connectivity index (χ0v) is 11.5. The van der Waals surface area contributed by atoms with Crippen molar-refractivity contribution in [1.29, 1.82) is 5.26 Å². The molecular formula is C13H15N3O2S. The summed E-state index contributed by atoms with van der Waals surface area (Å²) >= 11 is 1.90. The molecule has 6 heteroatoms. The number of hydrogen-bond acceptors (Lipinski definition) is 5. The summed E-state index contributed by atoms with van der Waals surface area (Å²) in [6, 6.07) is 6.44. The molecule has 0 amide bonds. The molecule has 1 aliphatic rings. The molecule has 1 saturated heterocycles. The topological polar surface area (TPSA) is 79.0 Å². The Labute approximate surface area is 116 Å². The summed E-state index contributed by atoms with van der Waals surface area (Å²) in [5.41, 5.74) is 0.752. The number of thioether (sulfide) groups is 1. The van der Waals surface area contributed by atoms with Gasteiger partial charge in [0.2, 0.25) is 0 Å². The fourth-order valence-corrected chi connectivity index (χ4v) is 3.40. The minimum atomic E-state index is -0.451. The van der Waals surface area contributed by atoms with Crippen LogP contribution in [-0.2, 0) is 0 Å². The fourth-order valence-electron chi connectivity index (χ4n) is 2.16. The monoisotopic (exact) mass is 277 g/mol. The van der Waals surface area contributed by atoms with Crippen molar-refractivity contribution in [2.45, 2.75) is 24.5 Å². The summed E-state index contributed by atoms with van der Waals surface area (Å²) in [7, 11) is 0. The van der Waals surface area contributed by atoms with E-state index in [-0.39, 0.29) is 10.4 Å². The van der Waals surface area contributed by atoms with Gasteiger partial charge in [-0.05, 0) is 37.7 Å². The van der Waals surface area contributed by atoms with E-state index in [0.29, 0.717) is 17.8 Å². The summed E-state index contributed by atoms with van der Waals surface area (Å²) in [4.78, 5) is 10.6. The molecule has 1 unspecified atom stereocenters. The SMILES string of the molecule is CC1(CNc2ccc(C#N)cc2[N+](=O)[O-])CCCS1. The van der Waals surface area contributed by atoms with E-state index < -0.39 is 4.92 Å². The predicted molar refractivity (Wildman–Crippen MR) is 76.4 cm³/mol. The molecule has 0 aliphatic carbocycles. The number of nitrogens with zero attached hydrogens (tertiary/aromatic N) is 2. The molecule has 5 nitrogen and oxygen atoms in total. The Morgan fingerprint density at radius 3 is 3.00 bits per heavy atom. The van der Waals surface area contributed by atoms with Crippen LogP contribution in [0.15, 0.2) is 18.2 Å². The van der Waals surface area contributed by atoms with Crippen molar-refractivity contribution < 1.29 is 4.92 Å². The second-order valence-electron chi connectivity index (χ2n) is 4.86. The summed E-state index contributed by atoms with van der Waals surface area (Å²) in [5, 5.41) is 23.0. The van der Waals surface area contributed by atoms with Crippen LogP contribution in [-0.4, -0.2) is 22.0 Å². The minimum Gasteiger partial charge on any atom is -0.378 e. The summed E-state index contributed by atoms with van der Waals surface area (Å²) < 4.78 is 0.141. The van der Waals surface area contributed by atoms with Gasteiger partial charge in [0, 0.05) is 17.4 Å². The lowest BCUT2D eigenvalue weighted by Gasteiger charge is -2.23. The van der Waals surface area contributed by atoms with Crippen LogP contribution in [0.2, 0.25) is 0 Å². The van der Waals surface area contributed by atoms with Crippen LogP contribution >= 0.6 is 11.8 Å². The second-order valence-corrected chi connectivity index (χ2v) is 6.54. The van der Waals surface area contributed by atoms with Gasteiger partial charge in [0.25, 0.3) is 5.69 Å². The van der Waals surface area contributed by atoms with E-state index in [4.69, 9.17) is 5.26 Å². The van der Waals surface area contributed by atoms with Crippen LogP contribution in [0.1, 0.15) is 25.3 Å². The van der Waals surface area contributed by atoms with Gasteiger partial charge in [-0.15, -0.1) is 0 Å². The van der Waals surface area contributed by atoms with E-state index in [1.165, 1.54) is 12.5 Å². The van der Waals surface area contributed by atoms with Gasteiger partial charge in [-0.1, -0.05) is 0 Å². The first-order valence-corrected chi connectivity index (χ1v) is 7.09. The molecule has 1 atom stereocenters. The molecule has 1 fully saturated rings. The minimum absolute atomic E-state index is 0.0364. The summed E-state index contributed by atoms with van der Waals surface area (Å²) in [6.07, 6.45) is 2.31. The van der Waals surface area contributed by atoms with Gasteiger partial charge in [-0.2, -0.15) is 17.0 Å². The molecule has 1 aromatic carbocycles. The maximum absolute atomic E-state index is 11.0. The van der Waals surface area contributed by atoms with Gasteiger partial charge in [-0.25, -0.2) is 0 Å². The van der Waals surface area contributed by atoms with E-state index >= 15 is 0 Å². The standard InChI is InChI=1S/C13H15N3O2S/c1-13(5-2-6-19-13)9-15-11-4-3-10(8-14)7-12(11)16(17)18/h3-4,7,15H,2,5-6,9H2,1H3. The first kappa shape index (κ1) is 13.7. The van der Waals surface area contributed by atoms with E-state index in [1.807, 2.05) is 17.8 Å². The van der Waals surface area contributed by atoms with E-state index in [0.717, 1.165) is 12.2 Å². The zero-order chi connectivity index (χ0) is 13.9. The average Bonchev–Trinajstić information content (AvgIpc) is 2.83. The molecule has 0 aromatic heterocycles. The van der Waals surface area contributed by atoms with Crippen molar-refractivity contribution in [3.05, 3.63) is 33.9 Å². The number of nitro benzene ring substituents is 1. The van der Waals surface area contributed by atoms with Gasteiger partial charge in [-0.3, -0.25) is 10.1 Å². The Morgan fingerprint density at radius 2 is 2.42 bits per heavy atom. The van der Waals surface area contributed by atoms with Crippen LogP contribution in [0.4, 0.5) is 11.4 Å². The van der Waals surface area contributed by atoms with Gasteiger partial charge < -0.3 is 5.32 Å². The number of nitriles is 1. The lowest BCUT2D eigenvalue weighted by atomic mass is 10.1. The number of nitrogens with one attached hydrogen (secondary N) is 1. The zero-order valence-electron chi connectivity index (χ0n) is 10.7.